The molecule has 0 atom stereocenters. The maximum absolute atomic E-state index is 4.69. The Kier molecular flexibility index (Phi) is 4.07. The van der Waals surface area contributed by atoms with Crippen LogP contribution in [0.15, 0.2) is 36.5 Å². The van der Waals surface area contributed by atoms with Gasteiger partial charge in [-0.1, -0.05) is 18.2 Å². The predicted molar refractivity (Wildman–Crippen MR) is 98.7 cm³/mol. The van der Waals surface area contributed by atoms with Gasteiger partial charge in [0, 0.05) is 48.5 Å². The summed E-state index contributed by atoms with van der Waals surface area (Å²) in [5.74, 6) is 1.78. The first-order valence-corrected chi connectivity index (χ1v) is 8.69. The number of nitrogens with one attached hydrogen (secondary N) is 2. The Bertz CT molecular complexity index is 833. The van der Waals surface area contributed by atoms with E-state index in [0.717, 1.165) is 43.5 Å². The van der Waals surface area contributed by atoms with Gasteiger partial charge in [0.15, 0.2) is 0 Å². The van der Waals surface area contributed by atoms with Crippen LogP contribution in [0.25, 0.3) is 10.9 Å². The van der Waals surface area contributed by atoms with E-state index < -0.39 is 0 Å². The largest absolute Gasteiger partial charge is 0.361 e. The molecule has 5 nitrogen and oxygen atoms in total. The lowest BCUT2D eigenvalue weighted by molar-refractivity contribution is 0.911. The van der Waals surface area contributed by atoms with E-state index in [4.69, 9.17) is 4.98 Å². The van der Waals surface area contributed by atoms with Crippen LogP contribution in [-0.4, -0.2) is 34.6 Å². The van der Waals surface area contributed by atoms with E-state index in [9.17, 15) is 0 Å². The molecule has 0 saturated carbocycles. The Morgan fingerprint density at radius 1 is 1.17 bits per heavy atom. The lowest BCUT2D eigenvalue weighted by atomic mass is 10.1. The SMILES string of the molecule is Cc1cc(N2CCCC2)nc(NCCc2c[nH]c3ccccc23)n1. The molecule has 1 aliphatic heterocycles. The van der Waals surface area contributed by atoms with Crippen LogP contribution in [0.3, 0.4) is 0 Å². The molecule has 0 spiro atoms. The van der Waals surface area contributed by atoms with Crippen LogP contribution in [-0.2, 0) is 6.42 Å². The van der Waals surface area contributed by atoms with Gasteiger partial charge >= 0.3 is 0 Å². The van der Waals surface area contributed by atoms with Gasteiger partial charge in [-0.15, -0.1) is 0 Å². The Labute approximate surface area is 142 Å². The van der Waals surface area contributed by atoms with Crippen molar-refractivity contribution in [2.75, 3.05) is 29.9 Å². The monoisotopic (exact) mass is 321 g/mol. The molecule has 124 valence electrons. The van der Waals surface area contributed by atoms with Crippen LogP contribution in [0, 0.1) is 6.92 Å². The van der Waals surface area contributed by atoms with Crippen LogP contribution in [0.4, 0.5) is 11.8 Å². The van der Waals surface area contributed by atoms with Gasteiger partial charge in [0.25, 0.3) is 0 Å². The van der Waals surface area contributed by atoms with Gasteiger partial charge in [-0.25, -0.2) is 4.98 Å². The second-order valence-corrected chi connectivity index (χ2v) is 6.42. The van der Waals surface area contributed by atoms with Gasteiger partial charge in [-0.05, 0) is 37.8 Å². The van der Waals surface area contributed by atoms with Gasteiger partial charge in [-0.2, -0.15) is 4.98 Å². The first-order chi connectivity index (χ1) is 11.8. The van der Waals surface area contributed by atoms with Crippen molar-refractivity contribution < 1.29 is 0 Å². The number of para-hydroxylation sites is 1. The maximum Gasteiger partial charge on any atom is 0.224 e. The Hall–Kier alpha value is -2.56. The van der Waals surface area contributed by atoms with Gasteiger partial charge < -0.3 is 15.2 Å². The second-order valence-electron chi connectivity index (χ2n) is 6.42. The minimum atomic E-state index is 0.733. The fourth-order valence-corrected chi connectivity index (χ4v) is 3.39. The van der Waals surface area contributed by atoms with Gasteiger partial charge in [-0.3, -0.25) is 0 Å². The smallest absolute Gasteiger partial charge is 0.224 e. The third kappa shape index (κ3) is 3.07. The fraction of sp³-hybridized carbons (Fsp3) is 0.368. The van der Waals surface area contributed by atoms with Gasteiger partial charge in [0.2, 0.25) is 5.95 Å². The van der Waals surface area contributed by atoms with Crippen LogP contribution in [0.1, 0.15) is 24.1 Å². The van der Waals surface area contributed by atoms with Crippen LogP contribution in [0.5, 0.6) is 0 Å². The lowest BCUT2D eigenvalue weighted by Crippen LogP contribution is -2.20. The molecule has 24 heavy (non-hydrogen) atoms. The van der Waals surface area contributed by atoms with E-state index in [1.54, 1.807) is 0 Å². The molecule has 0 radical (unpaired) electrons. The molecule has 1 aromatic carbocycles. The fourth-order valence-electron chi connectivity index (χ4n) is 3.39. The number of aromatic amines is 1. The molecule has 0 amide bonds. The van der Waals surface area contributed by atoms with E-state index in [1.165, 1.54) is 29.3 Å². The highest BCUT2D eigenvalue weighted by molar-refractivity contribution is 5.83. The number of anilines is 2. The Morgan fingerprint density at radius 2 is 2.00 bits per heavy atom. The highest BCUT2D eigenvalue weighted by Gasteiger charge is 2.15. The first-order valence-electron chi connectivity index (χ1n) is 8.69. The number of H-pyrrole nitrogens is 1. The number of benzene rings is 1. The first kappa shape index (κ1) is 15.0. The average Bonchev–Trinajstić information content (AvgIpc) is 3.24. The van der Waals surface area contributed by atoms with Crippen molar-refractivity contribution in [1.82, 2.24) is 15.0 Å². The van der Waals surface area contributed by atoms with E-state index in [0.29, 0.717) is 0 Å². The lowest BCUT2D eigenvalue weighted by Gasteiger charge is -2.17. The minimum Gasteiger partial charge on any atom is -0.361 e. The normalized spacial score (nSPS) is 14.5. The van der Waals surface area contributed by atoms with Crippen molar-refractivity contribution in [2.24, 2.45) is 0 Å². The third-order valence-corrected chi connectivity index (χ3v) is 4.62. The van der Waals surface area contributed by atoms with Crippen LogP contribution < -0.4 is 10.2 Å². The summed E-state index contributed by atoms with van der Waals surface area (Å²) in [6, 6.07) is 10.5. The topological polar surface area (TPSA) is 56.8 Å². The van der Waals surface area contributed by atoms with Crippen LogP contribution in [0.2, 0.25) is 0 Å². The van der Waals surface area contributed by atoms with Crippen LogP contribution >= 0.6 is 0 Å². The highest BCUT2D eigenvalue weighted by Crippen LogP contribution is 2.21. The molecule has 1 fully saturated rings. The molecule has 1 saturated heterocycles. The second kappa shape index (κ2) is 6.51. The predicted octanol–water partition coefficient (Wildman–Crippen LogP) is 3.52. The van der Waals surface area contributed by atoms with Gasteiger partial charge in [0.05, 0.1) is 0 Å². The summed E-state index contributed by atoms with van der Waals surface area (Å²) in [5, 5.41) is 4.68. The summed E-state index contributed by atoms with van der Waals surface area (Å²) in [5.41, 5.74) is 3.53. The quantitative estimate of drug-likeness (QED) is 0.755. The average molecular weight is 321 g/mol. The summed E-state index contributed by atoms with van der Waals surface area (Å²) >= 11 is 0. The molecule has 5 heteroatoms. The standard InChI is InChI=1S/C19H23N5/c1-14-12-18(24-10-4-5-11-24)23-19(22-14)20-9-8-15-13-21-17-7-3-2-6-16(15)17/h2-3,6-7,12-13,21H,4-5,8-11H2,1H3,(H,20,22,23). The molecular formula is C19H23N5. The molecule has 3 heterocycles. The third-order valence-electron chi connectivity index (χ3n) is 4.62. The number of fused-ring (bicyclic) bond motifs is 1. The van der Waals surface area contributed by atoms with Crippen molar-refractivity contribution in [3.8, 4) is 0 Å². The summed E-state index contributed by atoms with van der Waals surface area (Å²) in [6.45, 7) is 5.06. The Morgan fingerprint density at radius 3 is 2.88 bits per heavy atom. The van der Waals surface area contributed by atoms with Crippen molar-refractivity contribution in [3.63, 3.8) is 0 Å². The summed E-state index contributed by atoms with van der Waals surface area (Å²) < 4.78 is 0. The van der Waals surface area contributed by atoms with Crippen molar-refractivity contribution in [1.29, 1.82) is 0 Å². The van der Waals surface area contributed by atoms with Crippen molar-refractivity contribution in [2.45, 2.75) is 26.2 Å². The zero-order chi connectivity index (χ0) is 16.4. The van der Waals surface area contributed by atoms with E-state index in [1.807, 2.05) is 6.92 Å². The summed E-state index contributed by atoms with van der Waals surface area (Å²) in [6.07, 6.45) is 5.55. The van der Waals surface area contributed by atoms with E-state index in [2.05, 4.69) is 56.7 Å². The molecule has 4 rings (SSSR count). The zero-order valence-electron chi connectivity index (χ0n) is 14.0. The van der Waals surface area contributed by atoms with Gasteiger partial charge in [0.1, 0.15) is 5.82 Å². The van der Waals surface area contributed by atoms with Crippen molar-refractivity contribution in [3.05, 3.63) is 47.8 Å². The number of nitrogens with zero attached hydrogens (tertiary/aromatic N) is 3. The molecule has 0 unspecified atom stereocenters. The molecule has 2 aromatic heterocycles. The minimum absolute atomic E-state index is 0.733. The summed E-state index contributed by atoms with van der Waals surface area (Å²) in [7, 11) is 0. The number of hydrogen-bond acceptors (Lipinski definition) is 4. The number of rotatable bonds is 5. The highest BCUT2D eigenvalue weighted by atomic mass is 15.2. The summed E-state index contributed by atoms with van der Waals surface area (Å²) in [4.78, 5) is 14.9. The maximum atomic E-state index is 4.69. The number of aromatic nitrogens is 3. The van der Waals surface area contributed by atoms with E-state index in [-0.39, 0.29) is 0 Å². The van der Waals surface area contributed by atoms with E-state index >= 15 is 0 Å². The molecule has 0 aliphatic carbocycles. The zero-order valence-corrected chi connectivity index (χ0v) is 14.0. The Balaban J connectivity index is 1.44. The number of aryl methyl sites for hydroxylation is 1. The number of hydrogen-bond donors (Lipinski definition) is 2. The molecule has 2 N–H and O–H groups in total. The molecular weight excluding hydrogens is 298 g/mol. The molecule has 1 aliphatic rings. The molecule has 0 bridgehead atoms. The van der Waals surface area contributed by atoms with Crippen molar-refractivity contribution >= 4 is 22.7 Å². The molecule has 3 aromatic rings.